The summed E-state index contributed by atoms with van der Waals surface area (Å²) in [5, 5.41) is 0. The molecule has 1 heterocycles. The minimum absolute atomic E-state index is 0.131. The van der Waals surface area contributed by atoms with Gasteiger partial charge in [0.15, 0.2) is 0 Å². The van der Waals surface area contributed by atoms with E-state index < -0.39 is 10.0 Å². The van der Waals surface area contributed by atoms with Gasteiger partial charge < -0.3 is 4.90 Å². The maximum atomic E-state index is 12.4. The number of sulfonamides is 1. The van der Waals surface area contributed by atoms with Gasteiger partial charge in [-0.15, -0.1) is 0 Å². The van der Waals surface area contributed by atoms with E-state index in [0.717, 1.165) is 24.7 Å². The first-order chi connectivity index (χ1) is 10.4. The second kappa shape index (κ2) is 8.85. The van der Waals surface area contributed by atoms with E-state index in [-0.39, 0.29) is 19.0 Å². The van der Waals surface area contributed by atoms with Crippen LogP contribution in [0.2, 0.25) is 0 Å². The lowest BCUT2D eigenvalue weighted by Gasteiger charge is -2.26. The standard InChI is InChI=1S/C15H25N3O3S/c1-4-9-17(10-5-2)15(19)13-18(22(3,20)21)12-14-7-6-8-16-11-14/h6-8,11H,4-5,9-10,12-13H2,1-3H3. The number of aromatic nitrogens is 1. The molecule has 22 heavy (non-hydrogen) atoms. The van der Waals surface area contributed by atoms with E-state index >= 15 is 0 Å². The average Bonchev–Trinajstić information content (AvgIpc) is 2.46. The lowest BCUT2D eigenvalue weighted by atomic mass is 10.3. The summed E-state index contributed by atoms with van der Waals surface area (Å²) in [7, 11) is -3.46. The highest BCUT2D eigenvalue weighted by Gasteiger charge is 2.23. The number of rotatable bonds is 9. The maximum Gasteiger partial charge on any atom is 0.237 e. The van der Waals surface area contributed by atoms with Crippen LogP contribution in [0.5, 0.6) is 0 Å². The predicted molar refractivity (Wildman–Crippen MR) is 86.7 cm³/mol. The van der Waals surface area contributed by atoms with Gasteiger partial charge in [-0.3, -0.25) is 9.78 Å². The number of hydrogen-bond acceptors (Lipinski definition) is 4. The Bertz CT molecular complexity index is 555. The molecule has 1 aromatic heterocycles. The largest absolute Gasteiger partial charge is 0.342 e. The molecule has 0 radical (unpaired) electrons. The van der Waals surface area contributed by atoms with Crippen molar-refractivity contribution in [1.82, 2.24) is 14.2 Å². The molecule has 7 heteroatoms. The molecule has 0 aliphatic carbocycles. The fourth-order valence-corrected chi connectivity index (χ4v) is 2.87. The fourth-order valence-electron chi connectivity index (χ4n) is 2.14. The Labute approximate surface area is 133 Å². The molecule has 1 amide bonds. The van der Waals surface area contributed by atoms with Gasteiger partial charge in [0.05, 0.1) is 12.8 Å². The third kappa shape index (κ3) is 6.11. The molecule has 0 bridgehead atoms. The van der Waals surface area contributed by atoms with E-state index in [1.54, 1.807) is 29.4 Å². The third-order valence-electron chi connectivity index (χ3n) is 3.20. The zero-order valence-electron chi connectivity index (χ0n) is 13.5. The molecule has 0 aromatic carbocycles. The first-order valence-corrected chi connectivity index (χ1v) is 9.35. The topological polar surface area (TPSA) is 70.6 Å². The molecule has 0 saturated heterocycles. The summed E-state index contributed by atoms with van der Waals surface area (Å²) in [6.07, 6.45) is 6.07. The summed E-state index contributed by atoms with van der Waals surface area (Å²) >= 11 is 0. The van der Waals surface area contributed by atoms with Gasteiger partial charge in [-0.25, -0.2) is 8.42 Å². The summed E-state index contributed by atoms with van der Waals surface area (Å²) in [6, 6.07) is 3.55. The van der Waals surface area contributed by atoms with Crippen molar-refractivity contribution in [3.8, 4) is 0 Å². The van der Waals surface area contributed by atoms with Crippen LogP contribution in [0, 0.1) is 0 Å². The van der Waals surface area contributed by atoms with Crippen LogP contribution in [-0.4, -0.2) is 54.4 Å². The van der Waals surface area contributed by atoms with Gasteiger partial charge >= 0.3 is 0 Å². The predicted octanol–water partition coefficient (Wildman–Crippen LogP) is 1.49. The maximum absolute atomic E-state index is 12.4. The van der Waals surface area contributed by atoms with Crippen molar-refractivity contribution in [3.63, 3.8) is 0 Å². The molecule has 0 unspecified atom stereocenters. The van der Waals surface area contributed by atoms with Gasteiger partial charge in [-0.05, 0) is 24.5 Å². The van der Waals surface area contributed by atoms with Crippen molar-refractivity contribution >= 4 is 15.9 Å². The molecule has 1 rings (SSSR count). The van der Waals surface area contributed by atoms with Crippen LogP contribution in [0.1, 0.15) is 32.3 Å². The van der Waals surface area contributed by atoms with Crippen LogP contribution in [0.3, 0.4) is 0 Å². The number of carbonyl (C=O) groups excluding carboxylic acids is 1. The highest BCUT2D eigenvalue weighted by molar-refractivity contribution is 7.88. The molecule has 0 fully saturated rings. The lowest BCUT2D eigenvalue weighted by molar-refractivity contribution is -0.131. The van der Waals surface area contributed by atoms with Crippen molar-refractivity contribution in [2.75, 3.05) is 25.9 Å². The molecule has 0 N–H and O–H groups in total. The zero-order chi connectivity index (χ0) is 16.6. The van der Waals surface area contributed by atoms with Crippen LogP contribution in [-0.2, 0) is 21.4 Å². The molecular weight excluding hydrogens is 302 g/mol. The lowest BCUT2D eigenvalue weighted by Crippen LogP contribution is -2.42. The second-order valence-electron chi connectivity index (χ2n) is 5.27. The van der Waals surface area contributed by atoms with Gasteiger partial charge in [0.25, 0.3) is 0 Å². The van der Waals surface area contributed by atoms with E-state index in [9.17, 15) is 13.2 Å². The summed E-state index contributed by atoms with van der Waals surface area (Å²) < 4.78 is 25.1. The summed E-state index contributed by atoms with van der Waals surface area (Å²) in [5.41, 5.74) is 0.762. The van der Waals surface area contributed by atoms with Crippen LogP contribution >= 0.6 is 0 Å². The Morgan fingerprint density at radius 3 is 2.32 bits per heavy atom. The summed E-state index contributed by atoms with van der Waals surface area (Å²) in [4.78, 5) is 18.1. The van der Waals surface area contributed by atoms with Crippen molar-refractivity contribution in [2.45, 2.75) is 33.2 Å². The Hall–Kier alpha value is -1.47. The highest BCUT2D eigenvalue weighted by Crippen LogP contribution is 2.08. The fraction of sp³-hybridized carbons (Fsp3) is 0.600. The molecule has 0 aliphatic rings. The third-order valence-corrected chi connectivity index (χ3v) is 4.40. The molecule has 0 atom stereocenters. The Morgan fingerprint density at radius 1 is 1.23 bits per heavy atom. The smallest absolute Gasteiger partial charge is 0.237 e. The molecular formula is C15H25N3O3S. The van der Waals surface area contributed by atoms with Crippen LogP contribution in [0.15, 0.2) is 24.5 Å². The summed E-state index contributed by atoms with van der Waals surface area (Å²) in [5.74, 6) is -0.155. The van der Waals surface area contributed by atoms with E-state index in [4.69, 9.17) is 0 Å². The molecule has 1 aromatic rings. The van der Waals surface area contributed by atoms with Crippen molar-refractivity contribution < 1.29 is 13.2 Å². The highest BCUT2D eigenvalue weighted by atomic mass is 32.2. The molecule has 0 saturated carbocycles. The van der Waals surface area contributed by atoms with Gasteiger partial charge in [0.1, 0.15) is 0 Å². The first kappa shape index (κ1) is 18.6. The van der Waals surface area contributed by atoms with Gasteiger partial charge in [0, 0.05) is 32.0 Å². The normalized spacial score (nSPS) is 11.6. The van der Waals surface area contributed by atoms with Crippen molar-refractivity contribution in [2.24, 2.45) is 0 Å². The van der Waals surface area contributed by atoms with E-state index in [0.29, 0.717) is 13.1 Å². The molecule has 0 spiro atoms. The Kier molecular flexibility index (Phi) is 7.47. The van der Waals surface area contributed by atoms with Crippen LogP contribution in [0.25, 0.3) is 0 Å². The van der Waals surface area contributed by atoms with Gasteiger partial charge in [-0.1, -0.05) is 19.9 Å². The van der Waals surface area contributed by atoms with Crippen molar-refractivity contribution in [1.29, 1.82) is 0 Å². The molecule has 0 aliphatic heterocycles. The average molecular weight is 327 g/mol. The minimum Gasteiger partial charge on any atom is -0.342 e. The summed E-state index contributed by atoms with van der Waals surface area (Å²) in [6.45, 7) is 5.33. The zero-order valence-corrected chi connectivity index (χ0v) is 14.3. The number of carbonyl (C=O) groups is 1. The SMILES string of the molecule is CCCN(CCC)C(=O)CN(Cc1cccnc1)S(C)(=O)=O. The molecule has 124 valence electrons. The molecule has 6 nitrogen and oxygen atoms in total. The Balaban J connectivity index is 2.83. The van der Waals surface area contributed by atoms with E-state index in [1.165, 1.54) is 4.31 Å². The number of pyridine rings is 1. The first-order valence-electron chi connectivity index (χ1n) is 7.50. The van der Waals surface area contributed by atoms with E-state index in [2.05, 4.69) is 4.98 Å². The number of hydrogen-bond donors (Lipinski definition) is 0. The van der Waals surface area contributed by atoms with Gasteiger partial charge in [-0.2, -0.15) is 4.31 Å². The monoisotopic (exact) mass is 327 g/mol. The second-order valence-corrected chi connectivity index (χ2v) is 7.26. The van der Waals surface area contributed by atoms with Crippen LogP contribution in [0.4, 0.5) is 0 Å². The number of nitrogens with zero attached hydrogens (tertiary/aromatic N) is 3. The minimum atomic E-state index is -3.46. The Morgan fingerprint density at radius 2 is 1.86 bits per heavy atom. The van der Waals surface area contributed by atoms with Crippen molar-refractivity contribution in [3.05, 3.63) is 30.1 Å². The van der Waals surface area contributed by atoms with E-state index in [1.807, 2.05) is 13.8 Å². The van der Waals surface area contributed by atoms with Gasteiger partial charge in [0.2, 0.25) is 15.9 Å². The quantitative estimate of drug-likeness (QED) is 0.689. The van der Waals surface area contributed by atoms with Crippen LogP contribution < -0.4 is 0 Å². The number of amides is 1.